The molecule has 0 aliphatic rings. The number of rotatable bonds is 5. The van der Waals surface area contributed by atoms with Gasteiger partial charge in [0.25, 0.3) is 11.8 Å². The predicted octanol–water partition coefficient (Wildman–Crippen LogP) is 4.41. The fourth-order valence-corrected chi connectivity index (χ4v) is 3.80. The summed E-state index contributed by atoms with van der Waals surface area (Å²) in [5.41, 5.74) is 2.08. The number of fused-ring (bicyclic) bond motifs is 1. The number of hydrogen-bond donors (Lipinski definition) is 1. The van der Waals surface area contributed by atoms with E-state index in [4.69, 9.17) is 4.42 Å². The Morgan fingerprint density at radius 3 is 2.57 bits per heavy atom. The lowest BCUT2D eigenvalue weighted by atomic mass is 10.2. The molecule has 6 nitrogen and oxygen atoms in total. The van der Waals surface area contributed by atoms with E-state index in [9.17, 15) is 9.59 Å². The number of anilines is 1. The van der Waals surface area contributed by atoms with Gasteiger partial charge in [-0.25, -0.2) is 4.98 Å². The summed E-state index contributed by atoms with van der Waals surface area (Å²) >= 11 is 1.58. The molecule has 0 atom stereocenters. The summed E-state index contributed by atoms with van der Waals surface area (Å²) in [6.07, 6.45) is 1.44. The van der Waals surface area contributed by atoms with Gasteiger partial charge in [0.05, 0.1) is 23.0 Å². The Morgan fingerprint density at radius 2 is 1.86 bits per heavy atom. The van der Waals surface area contributed by atoms with Gasteiger partial charge in [0.15, 0.2) is 5.76 Å². The molecule has 1 N–H and O–H groups in total. The second-order valence-corrected chi connectivity index (χ2v) is 7.36. The van der Waals surface area contributed by atoms with Crippen molar-refractivity contribution in [2.24, 2.45) is 0 Å². The monoisotopic (exact) mass is 391 g/mol. The third-order valence-corrected chi connectivity index (χ3v) is 5.21. The molecule has 0 saturated carbocycles. The molecule has 28 heavy (non-hydrogen) atoms. The fraction of sp³-hybridized carbons (Fsp3) is 0.0952. The first kappa shape index (κ1) is 17.9. The smallest absolute Gasteiger partial charge is 0.291 e. The summed E-state index contributed by atoms with van der Waals surface area (Å²) in [6.45, 7) is 0.440. The normalized spacial score (nSPS) is 10.8. The van der Waals surface area contributed by atoms with E-state index in [0.29, 0.717) is 17.8 Å². The van der Waals surface area contributed by atoms with Crippen LogP contribution in [0.5, 0.6) is 0 Å². The van der Waals surface area contributed by atoms with Crippen LogP contribution in [-0.4, -0.2) is 28.7 Å². The van der Waals surface area contributed by atoms with Crippen molar-refractivity contribution in [2.45, 2.75) is 6.54 Å². The highest BCUT2D eigenvalue weighted by Gasteiger charge is 2.15. The summed E-state index contributed by atoms with van der Waals surface area (Å²) in [4.78, 5) is 30.9. The lowest BCUT2D eigenvalue weighted by Crippen LogP contribution is -2.26. The van der Waals surface area contributed by atoms with Gasteiger partial charge < -0.3 is 14.6 Å². The highest BCUT2D eigenvalue weighted by Crippen LogP contribution is 2.23. The Hall–Kier alpha value is -3.45. The van der Waals surface area contributed by atoms with E-state index in [1.165, 1.54) is 6.26 Å². The van der Waals surface area contributed by atoms with E-state index >= 15 is 0 Å². The average Bonchev–Trinajstić information content (AvgIpc) is 3.37. The minimum absolute atomic E-state index is 0.108. The topological polar surface area (TPSA) is 75.4 Å². The minimum atomic E-state index is -0.336. The summed E-state index contributed by atoms with van der Waals surface area (Å²) in [5.74, 6) is -0.212. The summed E-state index contributed by atoms with van der Waals surface area (Å²) in [7, 11) is 1.75. The summed E-state index contributed by atoms with van der Waals surface area (Å²) in [6, 6.07) is 17.9. The van der Waals surface area contributed by atoms with Crippen LogP contribution in [0, 0.1) is 0 Å². The Morgan fingerprint density at radius 1 is 1.07 bits per heavy atom. The molecule has 2 aromatic carbocycles. The minimum Gasteiger partial charge on any atom is -0.459 e. The number of aromatic nitrogens is 1. The van der Waals surface area contributed by atoms with Crippen LogP contribution >= 0.6 is 11.3 Å². The zero-order valence-corrected chi connectivity index (χ0v) is 15.9. The van der Waals surface area contributed by atoms with Crippen LogP contribution in [-0.2, 0) is 6.54 Å². The van der Waals surface area contributed by atoms with Crippen LogP contribution in [0.15, 0.2) is 71.3 Å². The molecule has 7 heteroatoms. The second-order valence-electron chi connectivity index (χ2n) is 6.25. The summed E-state index contributed by atoms with van der Waals surface area (Å²) < 4.78 is 6.17. The Bertz CT molecular complexity index is 1080. The van der Waals surface area contributed by atoms with E-state index in [2.05, 4.69) is 10.3 Å². The summed E-state index contributed by atoms with van der Waals surface area (Å²) in [5, 5.41) is 3.62. The standard InChI is InChI=1S/C21H17N3O3S/c1-24(13-19-23-16-5-2-3-7-18(16)28-19)21(26)14-8-10-15(11-9-14)22-20(25)17-6-4-12-27-17/h2-12H,13H2,1H3,(H,22,25). The van der Waals surface area contributed by atoms with Crippen LogP contribution in [0.4, 0.5) is 5.69 Å². The molecule has 140 valence electrons. The first-order chi connectivity index (χ1) is 13.6. The van der Waals surface area contributed by atoms with Gasteiger partial charge in [-0.05, 0) is 48.5 Å². The Kier molecular flexibility index (Phi) is 4.90. The second kappa shape index (κ2) is 7.66. The number of amides is 2. The first-order valence-electron chi connectivity index (χ1n) is 8.65. The largest absolute Gasteiger partial charge is 0.459 e. The molecule has 0 saturated heterocycles. The molecular formula is C21H17N3O3S. The SMILES string of the molecule is CN(Cc1nc2ccccc2s1)C(=O)c1ccc(NC(=O)c2ccco2)cc1. The van der Waals surface area contributed by atoms with Crippen molar-refractivity contribution >= 4 is 39.1 Å². The molecule has 2 heterocycles. The van der Waals surface area contributed by atoms with Crippen molar-refractivity contribution in [3.8, 4) is 0 Å². The average molecular weight is 391 g/mol. The number of nitrogens with one attached hydrogen (secondary N) is 1. The van der Waals surface area contributed by atoms with Crippen molar-refractivity contribution in [3.05, 3.63) is 83.3 Å². The van der Waals surface area contributed by atoms with Crippen LogP contribution in [0.2, 0.25) is 0 Å². The van der Waals surface area contributed by atoms with Gasteiger partial charge in [0.2, 0.25) is 0 Å². The molecule has 4 rings (SSSR count). The molecule has 0 fully saturated rings. The molecule has 0 aliphatic heterocycles. The zero-order valence-electron chi connectivity index (χ0n) is 15.1. The van der Waals surface area contributed by atoms with Gasteiger partial charge in [-0.3, -0.25) is 9.59 Å². The molecule has 0 aliphatic carbocycles. The molecule has 0 radical (unpaired) electrons. The molecule has 0 spiro atoms. The zero-order chi connectivity index (χ0) is 19.5. The van der Waals surface area contributed by atoms with Crippen LogP contribution in [0.3, 0.4) is 0 Å². The van der Waals surface area contributed by atoms with Gasteiger partial charge >= 0.3 is 0 Å². The van der Waals surface area contributed by atoms with E-state index in [1.54, 1.807) is 59.7 Å². The molecular weight excluding hydrogens is 374 g/mol. The van der Waals surface area contributed by atoms with Crippen molar-refractivity contribution in [1.82, 2.24) is 9.88 Å². The number of furan rings is 1. The van der Waals surface area contributed by atoms with Gasteiger partial charge in [-0.2, -0.15) is 0 Å². The number of nitrogens with zero attached hydrogens (tertiary/aromatic N) is 2. The molecule has 2 aromatic heterocycles. The number of carbonyl (C=O) groups is 2. The van der Waals surface area contributed by atoms with Crippen LogP contribution in [0.25, 0.3) is 10.2 Å². The lowest BCUT2D eigenvalue weighted by molar-refractivity contribution is 0.0785. The van der Waals surface area contributed by atoms with E-state index < -0.39 is 0 Å². The van der Waals surface area contributed by atoms with Gasteiger partial charge in [0.1, 0.15) is 5.01 Å². The van der Waals surface area contributed by atoms with Gasteiger partial charge in [0, 0.05) is 18.3 Å². The van der Waals surface area contributed by atoms with Gasteiger partial charge in [-0.1, -0.05) is 12.1 Å². The lowest BCUT2D eigenvalue weighted by Gasteiger charge is -2.16. The van der Waals surface area contributed by atoms with Crippen molar-refractivity contribution in [2.75, 3.05) is 12.4 Å². The van der Waals surface area contributed by atoms with E-state index in [0.717, 1.165) is 15.2 Å². The number of benzene rings is 2. The quantitative estimate of drug-likeness (QED) is 0.547. The van der Waals surface area contributed by atoms with E-state index in [1.807, 2.05) is 24.3 Å². The predicted molar refractivity (Wildman–Crippen MR) is 109 cm³/mol. The number of carbonyl (C=O) groups excluding carboxylic acids is 2. The third-order valence-electron chi connectivity index (χ3n) is 4.19. The Labute approximate surface area is 165 Å². The van der Waals surface area contributed by atoms with Crippen molar-refractivity contribution < 1.29 is 14.0 Å². The highest BCUT2D eigenvalue weighted by molar-refractivity contribution is 7.18. The van der Waals surface area contributed by atoms with Crippen LogP contribution in [0.1, 0.15) is 25.9 Å². The van der Waals surface area contributed by atoms with Crippen molar-refractivity contribution in [3.63, 3.8) is 0 Å². The maximum atomic E-state index is 12.7. The van der Waals surface area contributed by atoms with Gasteiger partial charge in [-0.15, -0.1) is 11.3 Å². The van der Waals surface area contributed by atoms with E-state index in [-0.39, 0.29) is 17.6 Å². The van der Waals surface area contributed by atoms with Crippen LogP contribution < -0.4 is 5.32 Å². The molecule has 4 aromatic rings. The first-order valence-corrected chi connectivity index (χ1v) is 9.46. The third kappa shape index (κ3) is 3.79. The maximum absolute atomic E-state index is 12.7. The molecule has 0 bridgehead atoms. The van der Waals surface area contributed by atoms with Crippen molar-refractivity contribution in [1.29, 1.82) is 0 Å². The number of hydrogen-bond acceptors (Lipinski definition) is 5. The Balaban J connectivity index is 1.41. The fourth-order valence-electron chi connectivity index (χ4n) is 2.78. The number of thiazole rings is 1. The molecule has 0 unspecified atom stereocenters. The molecule has 2 amide bonds. The number of para-hydroxylation sites is 1. The maximum Gasteiger partial charge on any atom is 0.291 e. The highest BCUT2D eigenvalue weighted by atomic mass is 32.1.